The molecule has 170 valence electrons. The number of thioether (sulfide) groups is 1. The molecule has 0 bridgehead atoms. The number of rotatable bonds is 9. The van der Waals surface area contributed by atoms with Gasteiger partial charge in [0.15, 0.2) is 5.84 Å². The van der Waals surface area contributed by atoms with Crippen LogP contribution in [0, 0.1) is 5.41 Å². The van der Waals surface area contributed by atoms with Gasteiger partial charge < -0.3 is 14.3 Å². The van der Waals surface area contributed by atoms with Crippen molar-refractivity contribution in [1.82, 2.24) is 5.01 Å². The van der Waals surface area contributed by atoms with Gasteiger partial charge in [-0.1, -0.05) is 50.8 Å². The van der Waals surface area contributed by atoms with E-state index in [0.717, 1.165) is 24.3 Å². The molecule has 0 unspecified atom stereocenters. The second kappa shape index (κ2) is 9.99. The number of unbranched alkanes of at least 4 members (excludes halogenated alkanes) is 4. The Labute approximate surface area is 195 Å². The molecule has 3 heterocycles. The second-order valence-corrected chi connectivity index (χ2v) is 8.79. The highest BCUT2D eigenvalue weighted by atomic mass is 32.2. The van der Waals surface area contributed by atoms with Gasteiger partial charge in [0.2, 0.25) is 5.17 Å². The Balaban J connectivity index is 1.49. The Bertz CT molecular complexity index is 1190. The summed E-state index contributed by atoms with van der Waals surface area (Å²) < 4.78 is 5.77. The van der Waals surface area contributed by atoms with Crippen molar-refractivity contribution in [2.75, 3.05) is 0 Å². The van der Waals surface area contributed by atoms with Crippen LogP contribution >= 0.6 is 11.8 Å². The molecular formula is C24H23N4O4S-. The Morgan fingerprint density at radius 2 is 2.03 bits per heavy atom. The maximum absolute atomic E-state index is 12.6. The molecule has 4 rings (SSSR count). The molecule has 9 heteroatoms. The van der Waals surface area contributed by atoms with E-state index in [-0.39, 0.29) is 17.0 Å². The third-order valence-electron chi connectivity index (χ3n) is 5.29. The van der Waals surface area contributed by atoms with E-state index in [2.05, 4.69) is 17.0 Å². The third kappa shape index (κ3) is 5.14. The molecule has 0 spiro atoms. The van der Waals surface area contributed by atoms with Crippen LogP contribution in [-0.4, -0.2) is 32.9 Å². The first-order valence-electron chi connectivity index (χ1n) is 10.9. The number of nitrogens with one attached hydrogen (secondary N) is 1. The summed E-state index contributed by atoms with van der Waals surface area (Å²) in [5.74, 6) is -1.05. The zero-order valence-corrected chi connectivity index (χ0v) is 19.0. The quantitative estimate of drug-likeness (QED) is 0.437. The molecule has 1 aromatic carbocycles. The first-order chi connectivity index (χ1) is 16.0. The molecule has 1 N–H and O–H groups in total. The Kier molecular flexibility index (Phi) is 6.88. The molecule has 33 heavy (non-hydrogen) atoms. The van der Waals surface area contributed by atoms with Gasteiger partial charge in [-0.3, -0.25) is 10.2 Å². The van der Waals surface area contributed by atoms with Crippen molar-refractivity contribution in [3.05, 3.63) is 53.3 Å². The molecule has 0 fully saturated rings. The molecule has 1 aromatic heterocycles. The van der Waals surface area contributed by atoms with Crippen LogP contribution in [0.15, 0.2) is 56.5 Å². The van der Waals surface area contributed by atoms with Crippen LogP contribution in [0.5, 0.6) is 0 Å². The maximum atomic E-state index is 12.6. The van der Waals surface area contributed by atoms with E-state index in [9.17, 15) is 14.7 Å². The highest BCUT2D eigenvalue weighted by Crippen LogP contribution is 2.31. The number of hydrogen-bond acceptors (Lipinski definition) is 7. The van der Waals surface area contributed by atoms with Crippen molar-refractivity contribution in [3.63, 3.8) is 0 Å². The summed E-state index contributed by atoms with van der Waals surface area (Å²) >= 11 is 1.34. The molecule has 8 nitrogen and oxygen atoms in total. The first kappa shape index (κ1) is 22.7. The number of carboxylic acid groups (broad SMARTS) is 1. The van der Waals surface area contributed by atoms with Gasteiger partial charge in [-0.25, -0.2) is 0 Å². The van der Waals surface area contributed by atoms with Crippen molar-refractivity contribution < 1.29 is 19.1 Å². The molecule has 2 aliphatic heterocycles. The number of hydrogen-bond donors (Lipinski definition) is 1. The normalized spacial score (nSPS) is 16.8. The summed E-state index contributed by atoms with van der Waals surface area (Å²) in [5, 5.41) is 26.7. The van der Waals surface area contributed by atoms with Gasteiger partial charge in [-0.05, 0) is 54.4 Å². The molecule has 0 saturated heterocycles. The Morgan fingerprint density at radius 3 is 2.82 bits per heavy atom. The zero-order valence-electron chi connectivity index (χ0n) is 18.2. The fourth-order valence-corrected chi connectivity index (χ4v) is 4.47. The van der Waals surface area contributed by atoms with E-state index in [4.69, 9.17) is 9.83 Å². The van der Waals surface area contributed by atoms with Gasteiger partial charge >= 0.3 is 0 Å². The lowest BCUT2D eigenvalue weighted by molar-refractivity contribution is -0.255. The summed E-state index contributed by atoms with van der Waals surface area (Å²) in [6, 6.07) is 9.53. The SMILES string of the molecule is CCCCCCCC1=NN2C(=N)/C(=C/c3ccc(-c4cccc(C(=O)[O-])c4)o3)C(=O)N=C2S1. The van der Waals surface area contributed by atoms with Gasteiger partial charge in [-0.2, -0.15) is 15.1 Å². The second-order valence-electron chi connectivity index (χ2n) is 7.75. The monoisotopic (exact) mass is 463 g/mol. The molecule has 1 amide bonds. The largest absolute Gasteiger partial charge is 0.545 e. The van der Waals surface area contributed by atoms with Gasteiger partial charge in [0, 0.05) is 5.56 Å². The predicted molar refractivity (Wildman–Crippen MR) is 127 cm³/mol. The Morgan fingerprint density at radius 1 is 1.21 bits per heavy atom. The molecular weight excluding hydrogens is 440 g/mol. The minimum absolute atomic E-state index is 0.0421. The van der Waals surface area contributed by atoms with Crippen molar-refractivity contribution in [1.29, 1.82) is 5.41 Å². The van der Waals surface area contributed by atoms with Crippen LogP contribution in [0.1, 0.15) is 61.6 Å². The number of fused-ring (bicyclic) bond motifs is 1. The fraction of sp³-hybridized carbons (Fsp3) is 0.292. The van der Waals surface area contributed by atoms with Gasteiger partial charge in [-0.15, -0.1) is 0 Å². The standard InChI is InChI=1S/C24H24N4O4S/c1-2-3-4-5-6-10-20-27-28-21(25)18(22(29)26-24(28)33-20)14-17-11-12-19(32-17)15-8-7-9-16(13-15)23(30)31/h7-9,11-14,25H,2-6,10H2,1H3,(H,30,31)/p-1/b18-14-,25-21?. The summed E-state index contributed by atoms with van der Waals surface area (Å²) in [6.45, 7) is 2.18. The molecule has 0 saturated carbocycles. The number of amidine groups is 2. The van der Waals surface area contributed by atoms with E-state index >= 15 is 0 Å². The number of hydrazone groups is 1. The van der Waals surface area contributed by atoms with Crippen LogP contribution in [0.3, 0.4) is 0 Å². The number of carbonyl (C=O) groups excluding carboxylic acids is 2. The smallest absolute Gasteiger partial charge is 0.283 e. The van der Waals surface area contributed by atoms with Gasteiger partial charge in [0.25, 0.3) is 5.91 Å². The molecule has 2 aliphatic rings. The number of nitrogens with zero attached hydrogens (tertiary/aromatic N) is 3. The van der Waals surface area contributed by atoms with Crippen molar-refractivity contribution in [2.24, 2.45) is 10.1 Å². The minimum atomic E-state index is -1.27. The first-order valence-corrected chi connectivity index (χ1v) is 11.7. The Hall–Kier alpha value is -3.46. The predicted octanol–water partition coefficient (Wildman–Crippen LogP) is 4.29. The number of aromatic carboxylic acids is 1. The average Bonchev–Trinajstić information content (AvgIpc) is 3.44. The van der Waals surface area contributed by atoms with Gasteiger partial charge in [0.05, 0.1) is 11.5 Å². The summed E-state index contributed by atoms with van der Waals surface area (Å²) in [5.41, 5.74) is 0.688. The topological polar surface area (TPSA) is 122 Å². The molecule has 0 atom stereocenters. The number of amides is 1. The van der Waals surface area contributed by atoms with E-state index in [1.54, 1.807) is 24.3 Å². The summed E-state index contributed by atoms with van der Waals surface area (Å²) in [6.07, 6.45) is 8.03. The number of aliphatic imine (C=N–C) groups is 1. The van der Waals surface area contributed by atoms with Crippen molar-refractivity contribution in [2.45, 2.75) is 45.4 Å². The molecule has 2 aromatic rings. The van der Waals surface area contributed by atoms with E-state index in [1.807, 2.05) is 0 Å². The highest BCUT2D eigenvalue weighted by molar-refractivity contribution is 8.26. The summed E-state index contributed by atoms with van der Waals surface area (Å²) in [4.78, 5) is 27.8. The van der Waals surface area contributed by atoms with Crippen molar-refractivity contribution >= 4 is 45.8 Å². The van der Waals surface area contributed by atoms with E-state index in [0.29, 0.717) is 22.3 Å². The number of carbonyl (C=O) groups is 2. The van der Waals surface area contributed by atoms with Crippen LogP contribution in [0.25, 0.3) is 17.4 Å². The minimum Gasteiger partial charge on any atom is -0.545 e. The zero-order chi connectivity index (χ0) is 23.4. The molecule has 0 radical (unpaired) electrons. The van der Waals surface area contributed by atoms with E-state index < -0.39 is 11.9 Å². The van der Waals surface area contributed by atoms with Crippen LogP contribution < -0.4 is 5.11 Å². The van der Waals surface area contributed by atoms with Crippen LogP contribution in [0.4, 0.5) is 0 Å². The third-order valence-corrected chi connectivity index (χ3v) is 6.25. The summed E-state index contributed by atoms with van der Waals surface area (Å²) in [7, 11) is 0. The van der Waals surface area contributed by atoms with E-state index in [1.165, 1.54) is 54.2 Å². The van der Waals surface area contributed by atoms with Gasteiger partial charge in [0.1, 0.15) is 16.6 Å². The van der Waals surface area contributed by atoms with Crippen molar-refractivity contribution in [3.8, 4) is 11.3 Å². The fourth-order valence-electron chi connectivity index (χ4n) is 3.54. The maximum Gasteiger partial charge on any atom is 0.283 e. The highest BCUT2D eigenvalue weighted by Gasteiger charge is 2.35. The van der Waals surface area contributed by atoms with Crippen LogP contribution in [-0.2, 0) is 4.79 Å². The lowest BCUT2D eigenvalue weighted by Gasteiger charge is -2.19. The average molecular weight is 464 g/mol. The van der Waals surface area contributed by atoms with Crippen LogP contribution in [0.2, 0.25) is 0 Å². The number of carboxylic acids is 1. The lowest BCUT2D eigenvalue weighted by Crippen LogP contribution is -2.35. The lowest BCUT2D eigenvalue weighted by atomic mass is 10.1. The number of benzene rings is 1. The number of furan rings is 1. The molecule has 0 aliphatic carbocycles.